The van der Waals surface area contributed by atoms with Crippen LogP contribution in [0.3, 0.4) is 0 Å². The Hall–Kier alpha value is -3.02. The van der Waals surface area contributed by atoms with Crippen molar-refractivity contribution >= 4 is 23.2 Å². The Bertz CT molecular complexity index is 783. The van der Waals surface area contributed by atoms with E-state index in [-0.39, 0.29) is 36.9 Å². The first kappa shape index (κ1) is 24.3. The first-order valence-corrected chi connectivity index (χ1v) is 11.0. The number of carbonyl (C=O) groups is 2. The van der Waals surface area contributed by atoms with E-state index in [1.165, 1.54) is 0 Å². The highest BCUT2D eigenvalue weighted by Gasteiger charge is 2.09. The van der Waals surface area contributed by atoms with Crippen LogP contribution in [0.1, 0.15) is 59.8 Å². The molecule has 0 saturated carbocycles. The second kappa shape index (κ2) is 12.6. The van der Waals surface area contributed by atoms with Gasteiger partial charge >= 0.3 is 0 Å². The molecule has 0 aromatic heterocycles. The van der Waals surface area contributed by atoms with Crippen LogP contribution in [0.4, 0.5) is 11.4 Å². The SMILES string of the molecule is CCC(C)Oc1cccc(NC(=O)CCCC(=O)Nc2cccc(OC(C)CC)c2)c1. The third kappa shape index (κ3) is 9.11. The number of nitrogens with one attached hydrogen (secondary N) is 2. The van der Waals surface area contributed by atoms with Crippen LogP contribution in [-0.2, 0) is 9.59 Å². The second-order valence-corrected chi connectivity index (χ2v) is 7.68. The summed E-state index contributed by atoms with van der Waals surface area (Å²) in [6, 6.07) is 14.7. The summed E-state index contributed by atoms with van der Waals surface area (Å²) in [4.78, 5) is 24.4. The highest BCUT2D eigenvalue weighted by atomic mass is 16.5. The van der Waals surface area contributed by atoms with Gasteiger partial charge in [0.05, 0.1) is 12.2 Å². The summed E-state index contributed by atoms with van der Waals surface area (Å²) in [7, 11) is 0. The second-order valence-electron chi connectivity index (χ2n) is 7.68. The fourth-order valence-corrected chi connectivity index (χ4v) is 2.78. The predicted octanol–water partition coefficient (Wildman–Crippen LogP) is 5.79. The molecular formula is C25H34N2O4. The lowest BCUT2D eigenvalue weighted by Gasteiger charge is -2.14. The fraction of sp³-hybridized carbons (Fsp3) is 0.440. The molecule has 2 aromatic rings. The van der Waals surface area contributed by atoms with Crippen molar-refractivity contribution in [2.24, 2.45) is 0 Å². The molecule has 2 amide bonds. The molecule has 0 bridgehead atoms. The summed E-state index contributed by atoms with van der Waals surface area (Å²) in [5.41, 5.74) is 1.38. The molecule has 6 heteroatoms. The zero-order valence-electron chi connectivity index (χ0n) is 18.9. The standard InChI is InChI=1S/C25H34N2O4/c1-5-18(3)30-22-12-7-10-20(16-22)26-24(28)14-9-15-25(29)27-21-11-8-13-23(17-21)31-19(4)6-2/h7-8,10-13,16-19H,5-6,9,14-15H2,1-4H3,(H,26,28)(H,27,29). The van der Waals surface area contributed by atoms with Gasteiger partial charge in [0.15, 0.2) is 0 Å². The molecule has 0 spiro atoms. The average Bonchev–Trinajstić information content (AvgIpc) is 2.74. The number of ether oxygens (including phenoxy) is 2. The van der Waals surface area contributed by atoms with Crippen molar-refractivity contribution in [2.75, 3.05) is 10.6 Å². The van der Waals surface area contributed by atoms with Crippen LogP contribution in [0.2, 0.25) is 0 Å². The number of amides is 2. The van der Waals surface area contributed by atoms with E-state index in [0.717, 1.165) is 24.3 Å². The fourth-order valence-electron chi connectivity index (χ4n) is 2.78. The molecule has 0 heterocycles. The lowest BCUT2D eigenvalue weighted by atomic mass is 10.2. The van der Waals surface area contributed by atoms with Crippen LogP contribution in [0.15, 0.2) is 48.5 Å². The zero-order chi connectivity index (χ0) is 22.6. The van der Waals surface area contributed by atoms with Gasteiger partial charge in [-0.3, -0.25) is 9.59 Å². The molecule has 0 radical (unpaired) electrons. The van der Waals surface area contributed by atoms with E-state index in [9.17, 15) is 9.59 Å². The maximum Gasteiger partial charge on any atom is 0.224 e. The Balaban J connectivity index is 1.75. The normalized spacial score (nSPS) is 12.5. The number of anilines is 2. The maximum atomic E-state index is 12.2. The van der Waals surface area contributed by atoms with E-state index < -0.39 is 0 Å². The largest absolute Gasteiger partial charge is 0.491 e. The van der Waals surface area contributed by atoms with Crippen molar-refractivity contribution in [3.05, 3.63) is 48.5 Å². The van der Waals surface area contributed by atoms with Crippen LogP contribution in [-0.4, -0.2) is 24.0 Å². The van der Waals surface area contributed by atoms with Gasteiger partial charge in [-0.05, 0) is 57.4 Å². The summed E-state index contributed by atoms with van der Waals surface area (Å²) in [5.74, 6) is 1.20. The van der Waals surface area contributed by atoms with E-state index in [1.54, 1.807) is 0 Å². The minimum atomic E-state index is -0.127. The number of hydrogen-bond donors (Lipinski definition) is 2. The summed E-state index contributed by atoms with van der Waals surface area (Å²) < 4.78 is 11.6. The molecule has 0 fully saturated rings. The van der Waals surface area contributed by atoms with E-state index in [1.807, 2.05) is 62.4 Å². The van der Waals surface area contributed by atoms with E-state index in [4.69, 9.17) is 9.47 Å². The Morgan fingerprint density at radius 1 is 0.774 bits per heavy atom. The molecular weight excluding hydrogens is 392 g/mol. The van der Waals surface area contributed by atoms with Crippen LogP contribution in [0.25, 0.3) is 0 Å². The highest BCUT2D eigenvalue weighted by Crippen LogP contribution is 2.21. The molecule has 2 aromatic carbocycles. The van der Waals surface area contributed by atoms with Crippen molar-refractivity contribution in [3.8, 4) is 11.5 Å². The molecule has 0 aliphatic rings. The zero-order valence-corrected chi connectivity index (χ0v) is 18.9. The van der Waals surface area contributed by atoms with Crippen molar-refractivity contribution < 1.29 is 19.1 Å². The Kier molecular flexibility index (Phi) is 9.88. The van der Waals surface area contributed by atoms with Crippen molar-refractivity contribution in [1.29, 1.82) is 0 Å². The molecule has 2 N–H and O–H groups in total. The summed E-state index contributed by atoms with van der Waals surface area (Å²) in [6.07, 6.45) is 3.05. The topological polar surface area (TPSA) is 76.7 Å². The molecule has 31 heavy (non-hydrogen) atoms. The van der Waals surface area contributed by atoms with Crippen LogP contribution in [0.5, 0.6) is 11.5 Å². The molecule has 2 rings (SSSR count). The van der Waals surface area contributed by atoms with Gasteiger partial charge in [0.1, 0.15) is 11.5 Å². The Labute approximate surface area is 185 Å². The summed E-state index contributed by atoms with van der Waals surface area (Å²) >= 11 is 0. The van der Waals surface area contributed by atoms with Gasteiger partial charge in [0, 0.05) is 36.3 Å². The third-order valence-electron chi connectivity index (χ3n) is 4.87. The first-order valence-electron chi connectivity index (χ1n) is 11.0. The molecule has 6 nitrogen and oxygen atoms in total. The van der Waals surface area contributed by atoms with Gasteiger partial charge in [-0.25, -0.2) is 0 Å². The van der Waals surface area contributed by atoms with Gasteiger partial charge < -0.3 is 20.1 Å². The molecule has 2 atom stereocenters. The number of rotatable bonds is 12. The maximum absolute atomic E-state index is 12.2. The predicted molar refractivity (Wildman–Crippen MR) is 125 cm³/mol. The van der Waals surface area contributed by atoms with Gasteiger partial charge in [-0.15, -0.1) is 0 Å². The Morgan fingerprint density at radius 3 is 1.58 bits per heavy atom. The minimum absolute atomic E-state index is 0.117. The highest BCUT2D eigenvalue weighted by molar-refractivity contribution is 5.93. The van der Waals surface area contributed by atoms with Crippen LogP contribution in [0, 0.1) is 0 Å². The van der Waals surface area contributed by atoms with Gasteiger partial charge in [-0.1, -0.05) is 26.0 Å². The van der Waals surface area contributed by atoms with E-state index in [2.05, 4.69) is 24.5 Å². The molecule has 0 saturated heterocycles. The van der Waals surface area contributed by atoms with Crippen LogP contribution < -0.4 is 20.1 Å². The van der Waals surface area contributed by atoms with Gasteiger partial charge in [0.2, 0.25) is 11.8 Å². The first-order chi connectivity index (χ1) is 14.9. The quantitative estimate of drug-likeness (QED) is 0.450. The lowest BCUT2D eigenvalue weighted by Crippen LogP contribution is -2.15. The van der Waals surface area contributed by atoms with E-state index in [0.29, 0.717) is 17.8 Å². The molecule has 168 valence electrons. The smallest absolute Gasteiger partial charge is 0.224 e. The summed E-state index contributed by atoms with van der Waals surface area (Å²) in [5, 5.41) is 5.72. The Morgan fingerprint density at radius 2 is 1.19 bits per heavy atom. The van der Waals surface area contributed by atoms with Crippen molar-refractivity contribution in [3.63, 3.8) is 0 Å². The van der Waals surface area contributed by atoms with Crippen LogP contribution >= 0.6 is 0 Å². The monoisotopic (exact) mass is 426 g/mol. The lowest BCUT2D eigenvalue weighted by molar-refractivity contribution is -0.117. The van der Waals surface area contributed by atoms with Crippen molar-refractivity contribution in [1.82, 2.24) is 0 Å². The van der Waals surface area contributed by atoms with Crippen molar-refractivity contribution in [2.45, 2.75) is 72.0 Å². The number of carbonyl (C=O) groups excluding carboxylic acids is 2. The van der Waals surface area contributed by atoms with E-state index >= 15 is 0 Å². The van der Waals surface area contributed by atoms with Gasteiger partial charge in [0.25, 0.3) is 0 Å². The summed E-state index contributed by atoms with van der Waals surface area (Å²) in [6.45, 7) is 8.13. The third-order valence-corrected chi connectivity index (χ3v) is 4.87. The number of benzene rings is 2. The molecule has 2 unspecified atom stereocenters. The average molecular weight is 427 g/mol. The minimum Gasteiger partial charge on any atom is -0.491 e. The van der Waals surface area contributed by atoms with Gasteiger partial charge in [-0.2, -0.15) is 0 Å². The number of hydrogen-bond acceptors (Lipinski definition) is 4. The molecule has 0 aliphatic heterocycles. The molecule has 0 aliphatic carbocycles.